The number of nitrogens with zero attached hydrogens (tertiary/aromatic N) is 2. The second kappa shape index (κ2) is 9.78. The minimum Gasteiger partial charge on any atom is -0.423 e. The van der Waals surface area contributed by atoms with E-state index < -0.39 is 28.6 Å². The van der Waals surface area contributed by atoms with E-state index in [9.17, 15) is 29.3 Å². The van der Waals surface area contributed by atoms with E-state index in [2.05, 4.69) is 5.32 Å². The number of hydrogen-bond donors (Lipinski definition) is 1. The molecule has 0 fully saturated rings. The summed E-state index contributed by atoms with van der Waals surface area (Å²) in [4.78, 5) is 62.3. The van der Waals surface area contributed by atoms with Crippen LogP contribution in [0.15, 0.2) is 97.1 Å². The van der Waals surface area contributed by atoms with Crippen LogP contribution >= 0.6 is 0 Å². The highest BCUT2D eigenvalue weighted by Gasteiger charge is 2.37. The molecule has 1 aliphatic rings. The molecule has 4 aromatic rings. The van der Waals surface area contributed by atoms with Gasteiger partial charge >= 0.3 is 5.97 Å². The van der Waals surface area contributed by atoms with Crippen LogP contribution in [-0.4, -0.2) is 28.6 Å². The normalized spacial score (nSPS) is 12.2. The first-order valence-corrected chi connectivity index (χ1v) is 11.3. The summed E-state index contributed by atoms with van der Waals surface area (Å²) in [6, 6.07) is 23.8. The monoisotopic (exact) mass is 507 g/mol. The smallest absolute Gasteiger partial charge is 0.343 e. The van der Waals surface area contributed by atoms with Crippen LogP contribution in [0.3, 0.4) is 0 Å². The van der Waals surface area contributed by atoms with Gasteiger partial charge in [-0.3, -0.25) is 24.5 Å². The number of hydrogen-bond acceptors (Lipinski definition) is 7. The van der Waals surface area contributed by atoms with Crippen molar-refractivity contribution in [1.82, 2.24) is 0 Å². The van der Waals surface area contributed by atoms with Crippen LogP contribution in [0.25, 0.3) is 0 Å². The number of anilines is 2. The van der Waals surface area contributed by atoms with Crippen LogP contribution in [-0.2, 0) is 0 Å². The molecule has 186 valence electrons. The van der Waals surface area contributed by atoms with Crippen LogP contribution in [0, 0.1) is 10.1 Å². The molecule has 10 nitrogen and oxygen atoms in total. The fraction of sp³-hybridized carbons (Fsp3) is 0. The average molecular weight is 507 g/mol. The molecule has 38 heavy (non-hydrogen) atoms. The summed E-state index contributed by atoms with van der Waals surface area (Å²) in [6.45, 7) is 0. The zero-order chi connectivity index (χ0) is 26.8. The number of benzene rings is 4. The summed E-state index contributed by atoms with van der Waals surface area (Å²) in [7, 11) is 0. The van der Waals surface area contributed by atoms with Crippen molar-refractivity contribution in [2.45, 2.75) is 0 Å². The summed E-state index contributed by atoms with van der Waals surface area (Å²) < 4.78 is 5.30. The summed E-state index contributed by atoms with van der Waals surface area (Å²) in [5, 5.41) is 13.4. The molecular weight excluding hydrogens is 490 g/mol. The molecule has 0 saturated carbocycles. The average Bonchev–Trinajstić information content (AvgIpc) is 3.18. The van der Waals surface area contributed by atoms with Crippen molar-refractivity contribution < 1.29 is 28.8 Å². The second-order valence-corrected chi connectivity index (χ2v) is 8.21. The van der Waals surface area contributed by atoms with Gasteiger partial charge in [0.2, 0.25) is 0 Å². The van der Waals surface area contributed by atoms with E-state index >= 15 is 0 Å². The van der Waals surface area contributed by atoms with E-state index in [1.165, 1.54) is 66.7 Å². The number of esters is 1. The third-order valence-electron chi connectivity index (χ3n) is 5.80. The summed E-state index contributed by atoms with van der Waals surface area (Å²) in [5.41, 5.74) is 1.08. The maximum atomic E-state index is 13.1. The van der Waals surface area contributed by atoms with Crippen molar-refractivity contribution in [2.75, 3.05) is 10.2 Å². The molecule has 10 heteroatoms. The number of nitro groups is 1. The highest BCUT2D eigenvalue weighted by molar-refractivity contribution is 6.34. The van der Waals surface area contributed by atoms with Gasteiger partial charge in [-0.1, -0.05) is 18.2 Å². The maximum Gasteiger partial charge on any atom is 0.343 e. The van der Waals surface area contributed by atoms with E-state index in [0.717, 1.165) is 4.90 Å². The SMILES string of the molecule is O=C(Nc1ccc2c(c1)C(=O)N(c1ccc(C(=O)Oc3ccccc3)cc1)C2=O)c1ccc([N+](=O)[O-])cc1. The molecule has 0 bridgehead atoms. The number of nitrogens with one attached hydrogen (secondary N) is 1. The van der Waals surface area contributed by atoms with Crippen LogP contribution in [0.4, 0.5) is 17.1 Å². The zero-order valence-corrected chi connectivity index (χ0v) is 19.5. The molecule has 0 spiro atoms. The lowest BCUT2D eigenvalue weighted by Crippen LogP contribution is -2.29. The first-order valence-electron chi connectivity index (χ1n) is 11.3. The number of amides is 3. The lowest BCUT2D eigenvalue weighted by Gasteiger charge is -2.14. The number of non-ortho nitro benzene ring substituents is 1. The van der Waals surface area contributed by atoms with Gasteiger partial charge in [0.15, 0.2) is 0 Å². The van der Waals surface area contributed by atoms with Crippen molar-refractivity contribution in [3.63, 3.8) is 0 Å². The number of imide groups is 1. The Morgan fingerprint density at radius 2 is 1.39 bits per heavy atom. The molecule has 0 saturated heterocycles. The highest BCUT2D eigenvalue weighted by Crippen LogP contribution is 2.31. The quantitative estimate of drug-likeness (QED) is 0.129. The summed E-state index contributed by atoms with van der Waals surface area (Å²) in [6.07, 6.45) is 0. The summed E-state index contributed by atoms with van der Waals surface area (Å²) in [5.74, 6) is -1.86. The number of fused-ring (bicyclic) bond motifs is 1. The van der Waals surface area contributed by atoms with E-state index in [-0.39, 0.29) is 39.3 Å². The number of para-hydroxylation sites is 1. The van der Waals surface area contributed by atoms with Crippen LogP contribution < -0.4 is 15.0 Å². The molecule has 0 unspecified atom stereocenters. The van der Waals surface area contributed by atoms with Gasteiger partial charge in [-0.05, 0) is 66.7 Å². The molecule has 1 N–H and O–H groups in total. The van der Waals surface area contributed by atoms with Crippen LogP contribution in [0.1, 0.15) is 41.4 Å². The van der Waals surface area contributed by atoms with Crippen molar-refractivity contribution in [3.05, 3.63) is 129 Å². The molecule has 0 aliphatic carbocycles. The fourth-order valence-corrected chi connectivity index (χ4v) is 3.89. The van der Waals surface area contributed by atoms with Crippen molar-refractivity contribution in [3.8, 4) is 5.75 Å². The molecule has 3 amide bonds. The molecule has 4 aromatic carbocycles. The minimum atomic E-state index is -0.587. The van der Waals surface area contributed by atoms with Gasteiger partial charge in [0.1, 0.15) is 5.75 Å². The molecule has 1 aliphatic heterocycles. The van der Waals surface area contributed by atoms with Crippen LogP contribution in [0.2, 0.25) is 0 Å². The van der Waals surface area contributed by atoms with E-state index in [4.69, 9.17) is 4.74 Å². The van der Waals surface area contributed by atoms with Crippen molar-refractivity contribution in [1.29, 1.82) is 0 Å². The second-order valence-electron chi connectivity index (χ2n) is 8.21. The Bertz CT molecular complexity index is 1600. The van der Waals surface area contributed by atoms with Crippen molar-refractivity contribution in [2.24, 2.45) is 0 Å². The predicted octanol–water partition coefficient (Wildman–Crippen LogP) is 4.87. The largest absolute Gasteiger partial charge is 0.423 e. The van der Waals surface area contributed by atoms with Gasteiger partial charge in [0, 0.05) is 23.4 Å². The lowest BCUT2D eigenvalue weighted by molar-refractivity contribution is -0.384. The molecule has 0 radical (unpaired) electrons. The zero-order valence-electron chi connectivity index (χ0n) is 19.5. The minimum absolute atomic E-state index is 0.101. The van der Waals surface area contributed by atoms with Crippen LogP contribution in [0.5, 0.6) is 5.75 Å². The molecule has 0 aromatic heterocycles. The Balaban J connectivity index is 1.31. The first-order chi connectivity index (χ1) is 18.3. The lowest BCUT2D eigenvalue weighted by atomic mass is 10.1. The Labute approximate surface area is 215 Å². The van der Waals surface area contributed by atoms with Gasteiger partial charge in [-0.25, -0.2) is 9.69 Å². The molecule has 1 heterocycles. The Morgan fingerprint density at radius 1 is 0.763 bits per heavy atom. The van der Waals surface area contributed by atoms with Gasteiger partial charge < -0.3 is 10.1 Å². The van der Waals surface area contributed by atoms with Gasteiger partial charge in [0.05, 0.1) is 27.3 Å². The van der Waals surface area contributed by atoms with E-state index in [1.54, 1.807) is 30.3 Å². The molecule has 5 rings (SSSR count). The summed E-state index contributed by atoms with van der Waals surface area (Å²) >= 11 is 0. The topological polar surface area (TPSA) is 136 Å². The number of nitro benzene ring substituents is 1. The van der Waals surface area contributed by atoms with E-state index in [1.807, 2.05) is 0 Å². The van der Waals surface area contributed by atoms with Gasteiger partial charge in [0.25, 0.3) is 23.4 Å². The van der Waals surface area contributed by atoms with Gasteiger partial charge in [-0.15, -0.1) is 0 Å². The Morgan fingerprint density at radius 3 is 2.05 bits per heavy atom. The maximum absolute atomic E-state index is 13.1. The number of carbonyl (C=O) groups is 4. The highest BCUT2D eigenvalue weighted by atomic mass is 16.6. The number of carbonyl (C=O) groups excluding carboxylic acids is 4. The first kappa shape index (κ1) is 24.1. The number of rotatable bonds is 6. The molecule has 0 atom stereocenters. The van der Waals surface area contributed by atoms with E-state index in [0.29, 0.717) is 5.75 Å². The third-order valence-corrected chi connectivity index (χ3v) is 5.80. The standard InChI is InChI=1S/C28H17N3O7/c32-25(17-6-13-21(14-7-17)31(36)37)29-19-10-15-23-24(16-19)27(34)30(26(23)33)20-11-8-18(9-12-20)28(35)38-22-4-2-1-3-5-22/h1-16H,(H,29,32). The fourth-order valence-electron chi connectivity index (χ4n) is 3.89. The Kier molecular flexibility index (Phi) is 6.20. The number of ether oxygens (including phenoxy) is 1. The Hall–Kier alpha value is -5.64. The third kappa shape index (κ3) is 4.61. The van der Waals surface area contributed by atoms with Gasteiger partial charge in [-0.2, -0.15) is 0 Å². The predicted molar refractivity (Wildman–Crippen MR) is 136 cm³/mol. The molecular formula is C28H17N3O7. The van der Waals surface area contributed by atoms with Crippen molar-refractivity contribution >= 4 is 40.8 Å².